The van der Waals surface area contributed by atoms with Crippen molar-refractivity contribution in [1.29, 1.82) is 0 Å². The Kier molecular flexibility index (Phi) is 6.68. The summed E-state index contributed by atoms with van der Waals surface area (Å²) in [5.74, 6) is 1.07. The van der Waals surface area contributed by atoms with Crippen LogP contribution in [0.1, 0.15) is 18.7 Å². The number of sulfonamides is 1. The minimum Gasteiger partial charge on any atom is -0.497 e. The second-order valence-electron chi connectivity index (χ2n) is 7.55. The first-order valence-corrected chi connectivity index (χ1v) is 12.6. The molecule has 0 unspecified atom stereocenters. The van der Waals surface area contributed by atoms with E-state index < -0.39 is 15.9 Å². The average Bonchev–Trinajstić information content (AvgIpc) is 3.49. The molecule has 10 nitrogen and oxygen atoms in total. The van der Waals surface area contributed by atoms with E-state index in [1.165, 1.54) is 17.5 Å². The summed E-state index contributed by atoms with van der Waals surface area (Å²) in [7, 11) is -0.709. The Morgan fingerprint density at radius 2 is 2.09 bits per heavy atom. The molecule has 1 atom stereocenters. The number of piperidine rings is 1. The monoisotopic (exact) mass is 492 g/mol. The number of methoxy groups -OCH3 is 2. The number of anilines is 1. The lowest BCUT2D eigenvalue weighted by Gasteiger charge is -2.30. The highest BCUT2D eigenvalue weighted by atomic mass is 32.2. The van der Waals surface area contributed by atoms with E-state index in [-0.39, 0.29) is 16.7 Å². The molecule has 4 rings (SSSR count). The van der Waals surface area contributed by atoms with E-state index in [0.29, 0.717) is 53.9 Å². The van der Waals surface area contributed by atoms with Crippen LogP contribution in [0.15, 0.2) is 38.4 Å². The van der Waals surface area contributed by atoms with Crippen molar-refractivity contribution in [2.45, 2.75) is 24.0 Å². The average molecular weight is 493 g/mol. The molecular weight excluding hydrogens is 468 g/mol. The number of aryl methyl sites for hydroxylation is 1. The van der Waals surface area contributed by atoms with E-state index in [0.717, 1.165) is 11.3 Å². The van der Waals surface area contributed by atoms with Gasteiger partial charge in [-0.15, -0.1) is 11.3 Å². The standard InChI is InChI=1S/C21H24N4O6S2/c1-13-22-20(24-31-13)15-9-19(32-12-15)33(27,28)25-8-4-5-14(11-25)21(26)23-17-7-6-16(29-2)10-18(17)30-3/h6-7,9-10,12,14H,4-5,8,11H2,1-3H3,(H,23,26)/t14-/m0/s1. The molecule has 0 bridgehead atoms. The lowest BCUT2D eigenvalue weighted by atomic mass is 9.98. The summed E-state index contributed by atoms with van der Waals surface area (Å²) in [5, 5.41) is 8.37. The second kappa shape index (κ2) is 9.49. The summed E-state index contributed by atoms with van der Waals surface area (Å²) in [6, 6.07) is 6.62. The van der Waals surface area contributed by atoms with Gasteiger partial charge in [-0.3, -0.25) is 4.79 Å². The molecular formula is C21H24N4O6S2. The zero-order chi connectivity index (χ0) is 23.6. The van der Waals surface area contributed by atoms with Gasteiger partial charge in [0.05, 0.1) is 25.8 Å². The number of aromatic nitrogens is 2. The van der Waals surface area contributed by atoms with Crippen LogP contribution in [0.5, 0.6) is 11.5 Å². The Bertz CT molecular complexity index is 1250. The van der Waals surface area contributed by atoms with Gasteiger partial charge in [0.1, 0.15) is 15.7 Å². The molecule has 33 heavy (non-hydrogen) atoms. The maximum Gasteiger partial charge on any atom is 0.252 e. The van der Waals surface area contributed by atoms with Crippen molar-refractivity contribution in [1.82, 2.24) is 14.4 Å². The van der Waals surface area contributed by atoms with Crippen LogP contribution in [0.3, 0.4) is 0 Å². The highest BCUT2D eigenvalue weighted by molar-refractivity contribution is 7.91. The van der Waals surface area contributed by atoms with E-state index in [4.69, 9.17) is 14.0 Å². The Morgan fingerprint density at radius 1 is 1.27 bits per heavy atom. The Balaban J connectivity index is 1.48. The number of hydrogen-bond donors (Lipinski definition) is 1. The number of benzene rings is 1. The SMILES string of the molecule is COc1ccc(NC(=O)[C@H]2CCCN(S(=O)(=O)c3cc(-c4noc(C)n4)cs3)C2)c(OC)c1. The van der Waals surface area contributed by atoms with Crippen molar-refractivity contribution < 1.29 is 27.2 Å². The molecule has 0 aliphatic carbocycles. The lowest BCUT2D eigenvalue weighted by Crippen LogP contribution is -2.43. The first kappa shape index (κ1) is 23.2. The predicted octanol–water partition coefficient (Wildman–Crippen LogP) is 3.16. The summed E-state index contributed by atoms with van der Waals surface area (Å²) < 4.78 is 43.5. The molecule has 0 radical (unpaired) electrons. The molecule has 1 aromatic carbocycles. The number of ether oxygens (including phenoxy) is 2. The molecule has 2 aromatic heterocycles. The van der Waals surface area contributed by atoms with E-state index in [1.54, 1.807) is 37.6 Å². The molecule has 1 amide bonds. The van der Waals surface area contributed by atoms with E-state index >= 15 is 0 Å². The van der Waals surface area contributed by atoms with Gasteiger partial charge >= 0.3 is 0 Å². The van der Waals surface area contributed by atoms with Gasteiger partial charge in [-0.1, -0.05) is 5.16 Å². The van der Waals surface area contributed by atoms with Crippen LogP contribution in [0.4, 0.5) is 5.69 Å². The molecule has 1 saturated heterocycles. The van der Waals surface area contributed by atoms with Crippen molar-refractivity contribution in [3.8, 4) is 22.9 Å². The highest BCUT2D eigenvalue weighted by Gasteiger charge is 2.34. The van der Waals surface area contributed by atoms with Crippen LogP contribution in [0.25, 0.3) is 11.4 Å². The zero-order valence-corrected chi connectivity index (χ0v) is 20.0. The fourth-order valence-corrected chi connectivity index (χ4v) is 6.46. The Morgan fingerprint density at radius 3 is 2.79 bits per heavy atom. The predicted molar refractivity (Wildman–Crippen MR) is 122 cm³/mol. The van der Waals surface area contributed by atoms with Gasteiger partial charge in [-0.2, -0.15) is 9.29 Å². The zero-order valence-electron chi connectivity index (χ0n) is 18.4. The number of amides is 1. The summed E-state index contributed by atoms with van der Waals surface area (Å²) >= 11 is 1.09. The lowest BCUT2D eigenvalue weighted by molar-refractivity contribution is -0.120. The third-order valence-electron chi connectivity index (χ3n) is 5.38. The first-order chi connectivity index (χ1) is 15.8. The quantitative estimate of drug-likeness (QED) is 0.533. The summed E-state index contributed by atoms with van der Waals surface area (Å²) in [5.41, 5.74) is 1.08. The molecule has 1 aliphatic heterocycles. The Labute approximate surface area is 195 Å². The summed E-state index contributed by atoms with van der Waals surface area (Å²) in [4.78, 5) is 17.1. The van der Waals surface area contributed by atoms with Crippen molar-refractivity contribution in [2.24, 2.45) is 5.92 Å². The van der Waals surface area contributed by atoms with Gasteiger partial charge in [-0.25, -0.2) is 8.42 Å². The smallest absolute Gasteiger partial charge is 0.252 e. The minimum atomic E-state index is -3.76. The third kappa shape index (κ3) is 4.87. The van der Waals surface area contributed by atoms with Crippen molar-refractivity contribution in [3.05, 3.63) is 35.5 Å². The van der Waals surface area contributed by atoms with Crippen molar-refractivity contribution in [2.75, 3.05) is 32.6 Å². The van der Waals surface area contributed by atoms with Crippen molar-refractivity contribution >= 4 is 33.0 Å². The fourth-order valence-electron chi connectivity index (χ4n) is 3.62. The van der Waals surface area contributed by atoms with Crippen LogP contribution in [0, 0.1) is 12.8 Å². The highest BCUT2D eigenvalue weighted by Crippen LogP contribution is 2.33. The number of rotatable bonds is 7. The van der Waals surface area contributed by atoms with Crippen LogP contribution in [0.2, 0.25) is 0 Å². The molecule has 0 spiro atoms. The van der Waals surface area contributed by atoms with E-state index in [9.17, 15) is 13.2 Å². The molecule has 3 heterocycles. The van der Waals surface area contributed by atoms with E-state index in [2.05, 4.69) is 15.5 Å². The largest absolute Gasteiger partial charge is 0.497 e. The van der Waals surface area contributed by atoms with Crippen LogP contribution in [-0.4, -0.2) is 56.1 Å². The number of hydrogen-bond acceptors (Lipinski definition) is 9. The van der Waals surface area contributed by atoms with Gasteiger partial charge in [-0.05, 0) is 31.0 Å². The maximum absolute atomic E-state index is 13.2. The number of nitrogens with one attached hydrogen (secondary N) is 1. The number of carbonyl (C=O) groups excluding carboxylic acids is 1. The van der Waals surface area contributed by atoms with Gasteiger partial charge in [0, 0.05) is 37.0 Å². The molecule has 1 N–H and O–H groups in total. The molecule has 12 heteroatoms. The fraction of sp³-hybridized carbons (Fsp3) is 0.381. The van der Waals surface area contributed by atoms with Gasteiger partial charge in [0.25, 0.3) is 10.0 Å². The summed E-state index contributed by atoms with van der Waals surface area (Å²) in [6.07, 6.45) is 1.17. The topological polar surface area (TPSA) is 124 Å². The first-order valence-electron chi connectivity index (χ1n) is 10.2. The van der Waals surface area contributed by atoms with Crippen LogP contribution < -0.4 is 14.8 Å². The number of thiophene rings is 1. The normalized spacial score (nSPS) is 17.0. The van der Waals surface area contributed by atoms with Crippen LogP contribution in [-0.2, 0) is 14.8 Å². The third-order valence-corrected chi connectivity index (χ3v) is 8.66. The molecule has 176 valence electrons. The van der Waals surface area contributed by atoms with Crippen molar-refractivity contribution in [3.63, 3.8) is 0 Å². The van der Waals surface area contributed by atoms with E-state index in [1.807, 2.05) is 0 Å². The Hall–Kier alpha value is -2.96. The molecule has 3 aromatic rings. The maximum atomic E-state index is 13.2. The number of carbonyl (C=O) groups is 1. The minimum absolute atomic E-state index is 0.0984. The second-order valence-corrected chi connectivity index (χ2v) is 10.6. The summed E-state index contributed by atoms with van der Waals surface area (Å²) in [6.45, 7) is 2.12. The van der Waals surface area contributed by atoms with Crippen LogP contribution >= 0.6 is 11.3 Å². The number of nitrogens with zero attached hydrogens (tertiary/aromatic N) is 3. The molecule has 1 fully saturated rings. The molecule has 1 aliphatic rings. The molecule has 0 saturated carbocycles. The van der Waals surface area contributed by atoms with Gasteiger partial charge in [0.15, 0.2) is 0 Å². The van der Waals surface area contributed by atoms with Gasteiger partial charge < -0.3 is 19.3 Å². The van der Waals surface area contributed by atoms with Gasteiger partial charge in [0.2, 0.25) is 17.6 Å².